The zero-order chi connectivity index (χ0) is 22.2. The molecule has 5 rings (SSSR count). The molecule has 0 radical (unpaired) electrons. The van der Waals surface area contributed by atoms with Crippen LogP contribution in [0.15, 0.2) is 66.7 Å². The molecule has 0 saturated carbocycles. The molecule has 3 aromatic carbocycles. The van der Waals surface area contributed by atoms with E-state index in [0.29, 0.717) is 25.1 Å². The van der Waals surface area contributed by atoms with Crippen molar-refractivity contribution >= 4 is 28.5 Å². The fraction of sp³-hybridized carbons (Fsp3) is 0.240. The number of amides is 3. The minimum Gasteiger partial charge on any atom is -0.508 e. The van der Waals surface area contributed by atoms with Gasteiger partial charge >= 0.3 is 0 Å². The maximum atomic E-state index is 13.3. The Labute approximate surface area is 185 Å². The number of hydrogen-bond acceptors (Lipinski definition) is 4. The monoisotopic (exact) mass is 429 g/mol. The SMILES string of the molecule is O=C1N[C@@H](Cc2ccc(O)cc2)C(=O)N2CCN(C(=O)c3cccc4ccccc34)C[C@H]12. The van der Waals surface area contributed by atoms with Gasteiger partial charge in [-0.15, -0.1) is 0 Å². The molecule has 2 atom stereocenters. The molecular formula is C25H23N3O4. The summed E-state index contributed by atoms with van der Waals surface area (Å²) in [7, 11) is 0. The van der Waals surface area contributed by atoms with Gasteiger partial charge < -0.3 is 20.2 Å². The standard InChI is InChI=1S/C25H23N3O4/c29-18-10-8-16(9-11-18)14-21-25(32)28-13-12-27(15-22(28)23(30)26-21)24(31)20-7-3-5-17-4-1-2-6-19(17)20/h1-11,21-22,29H,12-15H2,(H,26,30)/t21-,22+/m0/s1. The lowest BCUT2D eigenvalue weighted by Gasteiger charge is -2.45. The number of piperazine rings is 2. The first-order valence-corrected chi connectivity index (χ1v) is 10.7. The Hall–Kier alpha value is -3.87. The van der Waals surface area contributed by atoms with E-state index >= 15 is 0 Å². The minimum atomic E-state index is -0.689. The molecule has 7 nitrogen and oxygen atoms in total. The largest absolute Gasteiger partial charge is 0.508 e. The Morgan fingerprint density at radius 3 is 2.53 bits per heavy atom. The number of phenolic OH excluding ortho intramolecular Hbond substituents is 1. The molecule has 0 spiro atoms. The Balaban J connectivity index is 1.32. The lowest BCUT2D eigenvalue weighted by Crippen LogP contribution is -2.70. The van der Waals surface area contributed by atoms with Gasteiger partial charge in [0.05, 0.1) is 6.54 Å². The summed E-state index contributed by atoms with van der Waals surface area (Å²) in [4.78, 5) is 42.5. The highest BCUT2D eigenvalue weighted by atomic mass is 16.3. The number of benzene rings is 3. The maximum absolute atomic E-state index is 13.3. The third-order valence-corrected chi connectivity index (χ3v) is 6.26. The predicted molar refractivity (Wildman–Crippen MR) is 119 cm³/mol. The third-order valence-electron chi connectivity index (χ3n) is 6.26. The molecule has 2 saturated heterocycles. The van der Waals surface area contributed by atoms with E-state index in [1.165, 1.54) is 0 Å². The van der Waals surface area contributed by atoms with Crippen LogP contribution in [0.4, 0.5) is 0 Å². The van der Waals surface area contributed by atoms with Crippen molar-refractivity contribution in [3.63, 3.8) is 0 Å². The van der Waals surface area contributed by atoms with Gasteiger partial charge in [0.2, 0.25) is 11.8 Å². The molecule has 2 heterocycles. The maximum Gasteiger partial charge on any atom is 0.254 e. The second-order valence-corrected chi connectivity index (χ2v) is 8.26. The molecule has 3 amide bonds. The van der Waals surface area contributed by atoms with E-state index in [1.54, 1.807) is 40.1 Å². The van der Waals surface area contributed by atoms with Gasteiger partial charge in [-0.25, -0.2) is 0 Å². The summed E-state index contributed by atoms with van der Waals surface area (Å²) >= 11 is 0. The molecule has 162 valence electrons. The molecule has 0 bridgehead atoms. The quantitative estimate of drug-likeness (QED) is 0.666. The Bertz CT molecular complexity index is 1200. The summed E-state index contributed by atoms with van der Waals surface area (Å²) in [6, 6.07) is 18.6. The van der Waals surface area contributed by atoms with Gasteiger partial charge in [-0.1, -0.05) is 48.5 Å². The van der Waals surface area contributed by atoms with Crippen LogP contribution < -0.4 is 5.32 Å². The van der Waals surface area contributed by atoms with Crippen LogP contribution in [0.5, 0.6) is 5.75 Å². The molecular weight excluding hydrogens is 406 g/mol. The molecule has 0 aliphatic carbocycles. The summed E-state index contributed by atoms with van der Waals surface area (Å²) in [5.74, 6) is -0.364. The highest BCUT2D eigenvalue weighted by Crippen LogP contribution is 2.24. The number of nitrogens with zero attached hydrogens (tertiary/aromatic N) is 2. The van der Waals surface area contributed by atoms with Gasteiger partial charge in [0.1, 0.15) is 17.8 Å². The van der Waals surface area contributed by atoms with E-state index < -0.39 is 12.1 Å². The van der Waals surface area contributed by atoms with Gasteiger partial charge in [-0.2, -0.15) is 0 Å². The van der Waals surface area contributed by atoms with Crippen molar-refractivity contribution in [1.29, 1.82) is 0 Å². The van der Waals surface area contributed by atoms with E-state index in [-0.39, 0.29) is 30.0 Å². The second-order valence-electron chi connectivity index (χ2n) is 8.26. The second kappa shape index (κ2) is 8.00. The number of rotatable bonds is 3. The summed E-state index contributed by atoms with van der Waals surface area (Å²) < 4.78 is 0. The minimum absolute atomic E-state index is 0.132. The first-order valence-electron chi connectivity index (χ1n) is 10.7. The average molecular weight is 429 g/mol. The van der Waals surface area contributed by atoms with Crippen LogP contribution in [0.25, 0.3) is 10.8 Å². The lowest BCUT2D eigenvalue weighted by molar-refractivity contribution is -0.152. The van der Waals surface area contributed by atoms with Crippen LogP contribution in [-0.4, -0.2) is 64.3 Å². The smallest absolute Gasteiger partial charge is 0.254 e. The highest BCUT2D eigenvalue weighted by molar-refractivity contribution is 6.07. The van der Waals surface area contributed by atoms with Crippen LogP contribution in [-0.2, 0) is 16.0 Å². The van der Waals surface area contributed by atoms with Crippen molar-refractivity contribution in [2.24, 2.45) is 0 Å². The normalized spacial score (nSPS) is 20.8. The number of hydrogen-bond donors (Lipinski definition) is 2. The van der Waals surface area contributed by atoms with E-state index in [1.807, 2.05) is 36.4 Å². The Morgan fingerprint density at radius 1 is 0.969 bits per heavy atom. The average Bonchev–Trinajstić information content (AvgIpc) is 2.82. The zero-order valence-corrected chi connectivity index (χ0v) is 17.4. The summed E-state index contributed by atoms with van der Waals surface area (Å²) in [5.41, 5.74) is 1.45. The molecule has 2 aliphatic heterocycles. The summed E-state index contributed by atoms with van der Waals surface area (Å²) in [6.45, 7) is 0.870. The van der Waals surface area contributed by atoms with Gasteiger partial charge in [0, 0.05) is 25.1 Å². The Morgan fingerprint density at radius 2 is 1.72 bits per heavy atom. The molecule has 3 aromatic rings. The molecule has 0 unspecified atom stereocenters. The van der Waals surface area contributed by atoms with Gasteiger partial charge in [0.15, 0.2) is 0 Å². The molecule has 0 aromatic heterocycles. The van der Waals surface area contributed by atoms with E-state index in [9.17, 15) is 19.5 Å². The third kappa shape index (κ3) is 3.56. The molecule has 2 aliphatic rings. The van der Waals surface area contributed by atoms with Crippen LogP contribution in [0, 0.1) is 0 Å². The van der Waals surface area contributed by atoms with Gasteiger partial charge in [-0.3, -0.25) is 14.4 Å². The van der Waals surface area contributed by atoms with Crippen LogP contribution in [0.3, 0.4) is 0 Å². The number of phenols is 1. The molecule has 2 N–H and O–H groups in total. The first kappa shape index (κ1) is 20.1. The van der Waals surface area contributed by atoms with Crippen LogP contribution in [0.2, 0.25) is 0 Å². The van der Waals surface area contributed by atoms with Crippen molar-refractivity contribution < 1.29 is 19.5 Å². The number of carbonyl (C=O) groups excluding carboxylic acids is 3. The van der Waals surface area contributed by atoms with E-state index in [0.717, 1.165) is 16.3 Å². The number of nitrogens with one attached hydrogen (secondary N) is 1. The Kier molecular flexibility index (Phi) is 5.01. The fourth-order valence-corrected chi connectivity index (χ4v) is 4.57. The van der Waals surface area contributed by atoms with Gasteiger partial charge in [0.25, 0.3) is 5.91 Å². The molecule has 32 heavy (non-hydrogen) atoms. The molecule has 2 fully saturated rings. The zero-order valence-electron chi connectivity index (χ0n) is 17.4. The number of fused-ring (bicyclic) bond motifs is 2. The predicted octanol–water partition coefficient (Wildman–Crippen LogP) is 1.94. The van der Waals surface area contributed by atoms with Crippen LogP contribution in [0.1, 0.15) is 15.9 Å². The fourth-order valence-electron chi connectivity index (χ4n) is 4.57. The summed E-state index contributed by atoms with van der Waals surface area (Å²) in [5, 5.41) is 14.1. The van der Waals surface area contributed by atoms with Crippen molar-refractivity contribution in [3.05, 3.63) is 77.9 Å². The molecule has 7 heteroatoms. The highest BCUT2D eigenvalue weighted by Gasteiger charge is 2.44. The van der Waals surface area contributed by atoms with Crippen molar-refractivity contribution in [1.82, 2.24) is 15.1 Å². The lowest BCUT2D eigenvalue weighted by atomic mass is 9.98. The number of aromatic hydroxyl groups is 1. The van der Waals surface area contributed by atoms with Gasteiger partial charge in [-0.05, 0) is 34.5 Å². The van der Waals surface area contributed by atoms with Crippen molar-refractivity contribution in [3.8, 4) is 5.75 Å². The van der Waals surface area contributed by atoms with Crippen molar-refractivity contribution in [2.75, 3.05) is 19.6 Å². The van der Waals surface area contributed by atoms with E-state index in [2.05, 4.69) is 5.32 Å². The topological polar surface area (TPSA) is 89.9 Å². The van der Waals surface area contributed by atoms with Crippen molar-refractivity contribution in [2.45, 2.75) is 18.5 Å². The van der Waals surface area contributed by atoms with E-state index in [4.69, 9.17) is 0 Å². The number of carbonyl (C=O) groups is 3. The first-order chi connectivity index (χ1) is 15.5. The summed E-state index contributed by atoms with van der Waals surface area (Å²) in [6.07, 6.45) is 0.354. The van der Waals surface area contributed by atoms with Crippen LogP contribution >= 0.6 is 0 Å².